The molecule has 94 valence electrons. The first-order valence-electron chi connectivity index (χ1n) is 6.78. The summed E-state index contributed by atoms with van der Waals surface area (Å²) >= 11 is 0. The summed E-state index contributed by atoms with van der Waals surface area (Å²) in [7, 11) is 0. The monoisotopic (exact) mass is 242 g/mol. The highest BCUT2D eigenvalue weighted by Gasteiger charge is 2.55. The standard InChI is InChI=1S/C15H18N2O/c1-2-11-9-17-7-5-13(11)15(10-17)8-12-4-3-6-16-14(12)18-15/h2-4,6,11,13H,1,5,7-10H2. The number of aromatic nitrogens is 1. The van der Waals surface area contributed by atoms with Crippen LogP contribution in [0.5, 0.6) is 5.88 Å². The molecule has 0 aliphatic carbocycles. The largest absolute Gasteiger partial charge is 0.469 e. The third kappa shape index (κ3) is 1.31. The Bertz CT molecular complexity index is 474. The van der Waals surface area contributed by atoms with Crippen molar-refractivity contribution in [1.82, 2.24) is 9.88 Å². The molecule has 4 unspecified atom stereocenters. The maximum absolute atomic E-state index is 6.30. The van der Waals surface area contributed by atoms with E-state index in [2.05, 4.69) is 28.6 Å². The van der Waals surface area contributed by atoms with E-state index in [9.17, 15) is 0 Å². The van der Waals surface area contributed by atoms with Gasteiger partial charge in [-0.3, -0.25) is 4.90 Å². The summed E-state index contributed by atoms with van der Waals surface area (Å²) in [5.74, 6) is 2.03. The zero-order chi connectivity index (χ0) is 12.2. The van der Waals surface area contributed by atoms with Gasteiger partial charge in [-0.25, -0.2) is 4.98 Å². The number of fused-ring (bicyclic) bond motifs is 3. The average molecular weight is 242 g/mol. The van der Waals surface area contributed by atoms with Crippen molar-refractivity contribution in [3.8, 4) is 5.88 Å². The van der Waals surface area contributed by atoms with Crippen molar-refractivity contribution in [2.45, 2.75) is 18.4 Å². The highest BCUT2D eigenvalue weighted by atomic mass is 16.5. The van der Waals surface area contributed by atoms with Crippen LogP contribution in [0.15, 0.2) is 31.0 Å². The molecule has 3 saturated heterocycles. The molecule has 0 radical (unpaired) electrons. The lowest BCUT2D eigenvalue weighted by atomic mass is 9.68. The minimum Gasteiger partial charge on any atom is -0.469 e. The molecule has 18 heavy (non-hydrogen) atoms. The van der Waals surface area contributed by atoms with Crippen molar-refractivity contribution in [2.24, 2.45) is 11.8 Å². The maximum Gasteiger partial charge on any atom is 0.217 e. The van der Waals surface area contributed by atoms with Gasteiger partial charge in [0, 0.05) is 37.2 Å². The number of rotatable bonds is 1. The molecule has 4 aliphatic rings. The van der Waals surface area contributed by atoms with Crippen molar-refractivity contribution in [3.05, 3.63) is 36.5 Å². The van der Waals surface area contributed by atoms with E-state index in [1.165, 1.54) is 18.5 Å². The minimum atomic E-state index is -0.0357. The molecule has 5 heterocycles. The molecule has 5 rings (SSSR count). The van der Waals surface area contributed by atoms with E-state index in [1.807, 2.05) is 12.3 Å². The third-order valence-corrected chi connectivity index (χ3v) is 4.85. The summed E-state index contributed by atoms with van der Waals surface area (Å²) in [5, 5.41) is 0. The molecule has 1 spiro atoms. The van der Waals surface area contributed by atoms with Gasteiger partial charge in [-0.2, -0.15) is 0 Å². The lowest BCUT2D eigenvalue weighted by Gasteiger charge is -2.53. The van der Waals surface area contributed by atoms with Gasteiger partial charge in [0.05, 0.1) is 0 Å². The average Bonchev–Trinajstić information content (AvgIpc) is 2.76. The first-order chi connectivity index (χ1) is 8.81. The van der Waals surface area contributed by atoms with Gasteiger partial charge in [0.2, 0.25) is 5.88 Å². The number of ether oxygens (including phenoxy) is 1. The molecule has 2 bridgehead atoms. The van der Waals surface area contributed by atoms with Crippen LogP contribution in [0.25, 0.3) is 0 Å². The Labute approximate surface area is 107 Å². The van der Waals surface area contributed by atoms with Gasteiger partial charge >= 0.3 is 0 Å². The molecule has 3 nitrogen and oxygen atoms in total. The second kappa shape index (κ2) is 3.58. The fourth-order valence-electron chi connectivity index (χ4n) is 4.08. The van der Waals surface area contributed by atoms with E-state index >= 15 is 0 Å². The van der Waals surface area contributed by atoms with Crippen molar-refractivity contribution >= 4 is 0 Å². The second-order valence-corrected chi connectivity index (χ2v) is 5.84. The van der Waals surface area contributed by atoms with Crippen molar-refractivity contribution in [2.75, 3.05) is 19.6 Å². The van der Waals surface area contributed by atoms with Crippen LogP contribution in [0, 0.1) is 11.8 Å². The molecule has 0 N–H and O–H groups in total. The molecule has 0 aromatic carbocycles. The first kappa shape index (κ1) is 10.6. The van der Waals surface area contributed by atoms with Crippen LogP contribution in [0.1, 0.15) is 12.0 Å². The van der Waals surface area contributed by atoms with E-state index in [-0.39, 0.29) is 5.60 Å². The van der Waals surface area contributed by atoms with Crippen molar-refractivity contribution in [3.63, 3.8) is 0 Å². The van der Waals surface area contributed by atoms with Gasteiger partial charge in [0.25, 0.3) is 0 Å². The smallest absolute Gasteiger partial charge is 0.217 e. The number of pyridine rings is 1. The highest BCUT2D eigenvalue weighted by molar-refractivity contribution is 5.34. The SMILES string of the molecule is C=CC1CN2CCC1C1(Cc3cccnc3O1)C2. The second-order valence-electron chi connectivity index (χ2n) is 5.84. The number of nitrogens with zero attached hydrogens (tertiary/aromatic N) is 2. The Morgan fingerprint density at radius 1 is 1.56 bits per heavy atom. The fourth-order valence-corrected chi connectivity index (χ4v) is 4.08. The molecule has 4 aliphatic heterocycles. The molecule has 4 atom stereocenters. The summed E-state index contributed by atoms with van der Waals surface area (Å²) < 4.78 is 6.30. The van der Waals surface area contributed by atoms with Crippen LogP contribution in [0.2, 0.25) is 0 Å². The fraction of sp³-hybridized carbons (Fsp3) is 0.533. The summed E-state index contributed by atoms with van der Waals surface area (Å²) in [4.78, 5) is 6.90. The van der Waals surface area contributed by atoms with Gasteiger partial charge in [-0.05, 0) is 24.9 Å². The Morgan fingerprint density at radius 3 is 3.28 bits per heavy atom. The zero-order valence-corrected chi connectivity index (χ0v) is 10.5. The van der Waals surface area contributed by atoms with Crippen LogP contribution >= 0.6 is 0 Å². The molecule has 1 aromatic rings. The van der Waals surface area contributed by atoms with E-state index in [1.54, 1.807) is 0 Å². The number of piperidine rings is 3. The van der Waals surface area contributed by atoms with Gasteiger partial charge < -0.3 is 4.74 Å². The van der Waals surface area contributed by atoms with Crippen LogP contribution in [0.4, 0.5) is 0 Å². The van der Waals surface area contributed by atoms with E-state index in [0.717, 1.165) is 25.4 Å². The maximum atomic E-state index is 6.30. The number of hydrogen-bond donors (Lipinski definition) is 0. The van der Waals surface area contributed by atoms with Crippen molar-refractivity contribution in [1.29, 1.82) is 0 Å². The van der Waals surface area contributed by atoms with Crippen LogP contribution in [-0.2, 0) is 6.42 Å². The molecule has 0 saturated carbocycles. The van der Waals surface area contributed by atoms with E-state index < -0.39 is 0 Å². The normalized spacial score (nSPS) is 40.6. The Morgan fingerprint density at radius 2 is 2.50 bits per heavy atom. The minimum absolute atomic E-state index is 0.0357. The predicted octanol–water partition coefficient (Wildman–Crippen LogP) is 1.89. The van der Waals surface area contributed by atoms with Gasteiger partial charge in [-0.1, -0.05) is 12.1 Å². The quantitative estimate of drug-likeness (QED) is 0.703. The lowest BCUT2D eigenvalue weighted by molar-refractivity contribution is -0.102. The topological polar surface area (TPSA) is 25.4 Å². The van der Waals surface area contributed by atoms with Crippen LogP contribution < -0.4 is 4.74 Å². The van der Waals surface area contributed by atoms with Gasteiger partial charge in [-0.15, -0.1) is 6.58 Å². The molecule has 0 amide bonds. The van der Waals surface area contributed by atoms with Gasteiger partial charge in [0.1, 0.15) is 5.60 Å². The van der Waals surface area contributed by atoms with Crippen molar-refractivity contribution < 1.29 is 4.74 Å². The molecule has 1 aromatic heterocycles. The first-order valence-corrected chi connectivity index (χ1v) is 6.78. The molecular weight excluding hydrogens is 224 g/mol. The summed E-state index contributed by atoms with van der Waals surface area (Å²) in [6.45, 7) is 7.43. The molecule has 3 fully saturated rings. The Balaban J connectivity index is 1.72. The Kier molecular flexibility index (Phi) is 2.10. The zero-order valence-electron chi connectivity index (χ0n) is 10.5. The van der Waals surface area contributed by atoms with E-state index in [0.29, 0.717) is 11.8 Å². The van der Waals surface area contributed by atoms with Crippen LogP contribution in [0.3, 0.4) is 0 Å². The lowest BCUT2D eigenvalue weighted by Crippen LogP contribution is -2.64. The summed E-state index contributed by atoms with van der Waals surface area (Å²) in [6.07, 6.45) is 6.19. The summed E-state index contributed by atoms with van der Waals surface area (Å²) in [5.41, 5.74) is 1.24. The van der Waals surface area contributed by atoms with Gasteiger partial charge in [0.15, 0.2) is 0 Å². The summed E-state index contributed by atoms with van der Waals surface area (Å²) in [6, 6.07) is 4.16. The van der Waals surface area contributed by atoms with E-state index in [4.69, 9.17) is 4.74 Å². The Hall–Kier alpha value is -1.35. The van der Waals surface area contributed by atoms with Crippen LogP contribution in [-0.4, -0.2) is 35.1 Å². The third-order valence-electron chi connectivity index (χ3n) is 4.85. The molecule has 3 heteroatoms. The highest BCUT2D eigenvalue weighted by Crippen LogP contribution is 2.48. The predicted molar refractivity (Wildman–Crippen MR) is 69.5 cm³/mol. The number of hydrogen-bond acceptors (Lipinski definition) is 3. The molecular formula is C15H18N2O.